The van der Waals surface area contributed by atoms with Crippen molar-refractivity contribution in [2.45, 2.75) is 43.1 Å². The Hall–Kier alpha value is -4.48. The van der Waals surface area contributed by atoms with Crippen molar-refractivity contribution in [3.05, 3.63) is 121 Å². The number of ether oxygens (including phenoxy) is 5. The van der Waals surface area contributed by atoms with Gasteiger partial charge in [-0.05, 0) is 59.7 Å². The Bertz CT molecular complexity index is 1350. The summed E-state index contributed by atoms with van der Waals surface area (Å²) >= 11 is 0. The van der Waals surface area contributed by atoms with Crippen molar-refractivity contribution in [3.8, 4) is 11.1 Å². The molecule has 41 heavy (non-hydrogen) atoms. The van der Waals surface area contributed by atoms with Gasteiger partial charge in [-0.25, -0.2) is 9.59 Å². The van der Waals surface area contributed by atoms with Gasteiger partial charge in [0.1, 0.15) is 24.4 Å². The number of rotatable bonds is 5. The second-order valence-corrected chi connectivity index (χ2v) is 9.53. The second kappa shape index (κ2) is 11.9. The van der Waals surface area contributed by atoms with Gasteiger partial charge in [-0.2, -0.15) is 0 Å². The number of esters is 2. The number of pyridine rings is 2. The first kappa shape index (κ1) is 26.7. The van der Waals surface area contributed by atoms with Gasteiger partial charge < -0.3 is 28.8 Å². The molecule has 1 N–H and O–H groups in total. The van der Waals surface area contributed by atoms with Crippen LogP contribution >= 0.6 is 0 Å². The Kier molecular flexibility index (Phi) is 7.79. The fourth-order valence-electron chi connectivity index (χ4n) is 4.98. The number of hydrogen-bond donors (Lipinski definition) is 1. The van der Waals surface area contributed by atoms with Crippen LogP contribution in [0, 0.1) is 0 Å². The summed E-state index contributed by atoms with van der Waals surface area (Å²) in [7, 11) is 0. The van der Waals surface area contributed by atoms with E-state index in [4.69, 9.17) is 23.7 Å². The molecule has 3 saturated heterocycles. The van der Waals surface area contributed by atoms with E-state index >= 15 is 0 Å². The molecule has 5 heterocycles. The Morgan fingerprint density at radius 1 is 0.585 bits per heavy atom. The Morgan fingerprint density at radius 2 is 0.976 bits per heavy atom. The molecular formula is C31H26N2O8. The molecule has 2 aromatic heterocycles. The Labute approximate surface area is 235 Å². The number of hydrogen-bond acceptors (Lipinski definition) is 10. The molecule has 10 nitrogen and oxygen atoms in total. The fourth-order valence-corrected chi connectivity index (χ4v) is 4.98. The summed E-state index contributed by atoms with van der Waals surface area (Å²) in [6.45, 7) is -1.00. The topological polar surface area (TPSA) is 126 Å². The molecule has 7 atom stereocenters. The molecule has 4 fully saturated rings. The Morgan fingerprint density at radius 3 is 1.39 bits per heavy atom. The summed E-state index contributed by atoms with van der Waals surface area (Å²) in [6.07, 6.45) is 1.60. The summed E-state index contributed by atoms with van der Waals surface area (Å²) in [5, 5.41) is 10.6. The third-order valence-electron chi connectivity index (χ3n) is 6.97. The van der Waals surface area contributed by atoms with Crippen LogP contribution < -0.4 is 0 Å². The lowest BCUT2D eigenvalue weighted by atomic mass is 9.82. The highest BCUT2D eigenvalue weighted by atomic mass is 16.9. The number of nitrogens with zero attached hydrogens (tertiary/aromatic N) is 2. The molecule has 4 bridgehead atoms. The fraction of sp³-hybridized carbons (Fsp3) is 0.226. The largest absolute Gasteiger partial charge is 0.453 e. The predicted molar refractivity (Wildman–Crippen MR) is 143 cm³/mol. The first-order valence-corrected chi connectivity index (χ1v) is 13.1. The minimum atomic E-state index is -1.14. The number of carbonyl (C=O) groups is 2. The first-order chi connectivity index (χ1) is 20.1. The number of aliphatic hydroxyl groups excluding tert-OH is 1. The van der Waals surface area contributed by atoms with Crippen LogP contribution in [-0.4, -0.2) is 70.1 Å². The lowest BCUT2D eigenvalue weighted by Crippen LogP contribution is -2.76. The first-order valence-electron chi connectivity index (χ1n) is 13.1. The van der Waals surface area contributed by atoms with Crippen molar-refractivity contribution >= 4 is 11.9 Å². The lowest BCUT2D eigenvalue weighted by molar-refractivity contribution is -0.479. The molecule has 0 spiro atoms. The van der Waals surface area contributed by atoms with Gasteiger partial charge in [0.05, 0.1) is 11.1 Å². The zero-order chi connectivity index (χ0) is 28.2. The molecule has 0 amide bonds. The maximum absolute atomic E-state index is 12.5. The molecule has 1 aliphatic carbocycles. The van der Waals surface area contributed by atoms with Crippen LogP contribution in [0.5, 0.6) is 0 Å². The zero-order valence-electron chi connectivity index (χ0n) is 21.6. The zero-order valence-corrected chi connectivity index (χ0v) is 21.6. The molecule has 2 aromatic carbocycles. The van der Waals surface area contributed by atoms with E-state index in [1.54, 1.807) is 85.5 Å². The Balaban J connectivity index is 0.000000210. The van der Waals surface area contributed by atoms with Crippen molar-refractivity contribution in [1.82, 2.24) is 9.97 Å². The molecule has 4 aliphatic rings. The molecule has 10 heteroatoms. The highest BCUT2D eigenvalue weighted by Gasteiger charge is 2.64. The van der Waals surface area contributed by atoms with Crippen LogP contribution in [0.15, 0.2) is 110 Å². The monoisotopic (exact) mass is 554 g/mol. The van der Waals surface area contributed by atoms with E-state index in [0.717, 1.165) is 0 Å². The number of aliphatic hydroxyl groups is 1. The molecule has 8 rings (SSSR count). The minimum absolute atomic E-state index is 0.352. The summed E-state index contributed by atoms with van der Waals surface area (Å²) in [6, 6.07) is 24.8. The molecule has 3 aliphatic heterocycles. The number of aromatic nitrogens is 2. The van der Waals surface area contributed by atoms with Crippen molar-refractivity contribution in [2.75, 3.05) is 0 Å². The van der Waals surface area contributed by atoms with Gasteiger partial charge in [0, 0.05) is 24.8 Å². The van der Waals surface area contributed by atoms with E-state index in [0.29, 0.717) is 11.1 Å². The smallest absolute Gasteiger partial charge is 0.338 e. The number of carbonyl (C=O) groups excluding carboxylic acids is 2. The van der Waals surface area contributed by atoms with E-state index in [2.05, 4.69) is 9.97 Å². The standard InChI is InChI=1S/C21H18O8.C10H8N2/c22-13-14-16(25-19(23)11-7-3-1-4-8-11)18-17(15(13)28-21(27-14)29-18)26-20(24)12-9-5-2-6-10-12;1-5-11-6-2-9(1)10-3-7-12-8-4-10/h1-10,13-18,21-22H;1-8H/t13?,14-,15+,16-,17-,18?,21?;/m1./s1. The van der Waals surface area contributed by atoms with Gasteiger partial charge >= 0.3 is 11.9 Å². The normalized spacial score (nSPS) is 27.3. The molecule has 4 aromatic rings. The molecular weight excluding hydrogens is 528 g/mol. The van der Waals surface area contributed by atoms with Gasteiger partial charge in [0.2, 0.25) is 0 Å². The summed E-state index contributed by atoms with van der Waals surface area (Å²) in [5.41, 5.74) is 3.05. The number of benzene rings is 2. The van der Waals surface area contributed by atoms with Gasteiger partial charge in [-0.1, -0.05) is 36.4 Å². The SMILES string of the molecule is O=C(O[C@H]1C2OC3O[C@@H]1C(O)[C@H](O3)[C@H]2OC(=O)c1ccccc1)c1ccccc1.c1cc(-c2ccncc2)ccn1. The van der Waals surface area contributed by atoms with Crippen LogP contribution in [0.4, 0.5) is 0 Å². The van der Waals surface area contributed by atoms with Crippen molar-refractivity contribution in [3.63, 3.8) is 0 Å². The molecule has 1 saturated carbocycles. The van der Waals surface area contributed by atoms with Crippen LogP contribution in [0.1, 0.15) is 20.7 Å². The van der Waals surface area contributed by atoms with Crippen LogP contribution in [0.3, 0.4) is 0 Å². The molecule has 208 valence electrons. The summed E-state index contributed by atoms with van der Waals surface area (Å²) in [4.78, 5) is 33.0. The van der Waals surface area contributed by atoms with E-state index in [-0.39, 0.29) is 0 Å². The van der Waals surface area contributed by atoms with Crippen molar-refractivity contribution in [1.29, 1.82) is 0 Å². The van der Waals surface area contributed by atoms with Gasteiger partial charge in [-0.3, -0.25) is 9.97 Å². The third kappa shape index (κ3) is 5.72. The van der Waals surface area contributed by atoms with Crippen LogP contribution in [-0.2, 0) is 23.7 Å². The quantitative estimate of drug-likeness (QED) is 0.367. The van der Waals surface area contributed by atoms with E-state index in [1.165, 1.54) is 11.1 Å². The summed E-state index contributed by atoms with van der Waals surface area (Å²) < 4.78 is 27.9. The highest BCUT2D eigenvalue weighted by Crippen LogP contribution is 2.42. The average Bonchev–Trinajstić information content (AvgIpc) is 3.04. The van der Waals surface area contributed by atoms with E-state index in [1.807, 2.05) is 24.3 Å². The lowest BCUT2D eigenvalue weighted by Gasteiger charge is -2.56. The van der Waals surface area contributed by atoms with Crippen molar-refractivity contribution in [2.24, 2.45) is 0 Å². The third-order valence-corrected chi connectivity index (χ3v) is 6.97. The van der Waals surface area contributed by atoms with Crippen LogP contribution in [0.2, 0.25) is 0 Å². The van der Waals surface area contributed by atoms with Gasteiger partial charge in [0.15, 0.2) is 12.2 Å². The minimum Gasteiger partial charge on any atom is -0.453 e. The summed E-state index contributed by atoms with van der Waals surface area (Å²) in [5.74, 6) is -1.17. The predicted octanol–water partition coefficient (Wildman–Crippen LogP) is 3.42. The molecule has 3 unspecified atom stereocenters. The van der Waals surface area contributed by atoms with Crippen molar-refractivity contribution < 1.29 is 38.4 Å². The maximum atomic E-state index is 12.5. The second-order valence-electron chi connectivity index (χ2n) is 9.53. The van der Waals surface area contributed by atoms with Gasteiger partial charge in [0.25, 0.3) is 6.48 Å². The highest BCUT2D eigenvalue weighted by molar-refractivity contribution is 5.90. The van der Waals surface area contributed by atoms with Gasteiger partial charge in [-0.15, -0.1) is 0 Å². The average molecular weight is 555 g/mol. The van der Waals surface area contributed by atoms with E-state index < -0.39 is 55.0 Å². The van der Waals surface area contributed by atoms with E-state index in [9.17, 15) is 14.7 Å². The van der Waals surface area contributed by atoms with Crippen LogP contribution in [0.25, 0.3) is 11.1 Å². The maximum Gasteiger partial charge on any atom is 0.338 e. The molecule has 0 radical (unpaired) electrons.